The van der Waals surface area contributed by atoms with Crippen molar-refractivity contribution in [2.45, 2.75) is 6.92 Å². The molecule has 1 aliphatic rings. The first-order valence-corrected chi connectivity index (χ1v) is 9.91. The molecule has 1 heterocycles. The SMILES string of the molecule is CCOc1ccc(C(=O)Nc2ccc(NC(=O)CN3CCOCC3)cc2)cc1OC. The molecule has 8 nitrogen and oxygen atoms in total. The normalized spacial score (nSPS) is 14.1. The zero-order valence-corrected chi connectivity index (χ0v) is 17.3. The third-order valence-electron chi connectivity index (χ3n) is 4.62. The van der Waals surface area contributed by atoms with E-state index in [4.69, 9.17) is 14.2 Å². The van der Waals surface area contributed by atoms with E-state index in [-0.39, 0.29) is 11.8 Å². The number of anilines is 2. The molecule has 0 bridgehead atoms. The number of carbonyl (C=O) groups is 2. The monoisotopic (exact) mass is 413 g/mol. The van der Waals surface area contributed by atoms with Crippen LogP contribution in [0.4, 0.5) is 11.4 Å². The number of amides is 2. The highest BCUT2D eigenvalue weighted by Gasteiger charge is 2.15. The first-order valence-electron chi connectivity index (χ1n) is 9.91. The zero-order chi connectivity index (χ0) is 21.3. The predicted molar refractivity (Wildman–Crippen MR) is 114 cm³/mol. The maximum atomic E-state index is 12.5. The van der Waals surface area contributed by atoms with Gasteiger partial charge in [-0.3, -0.25) is 14.5 Å². The van der Waals surface area contributed by atoms with Crippen molar-refractivity contribution in [3.8, 4) is 11.5 Å². The lowest BCUT2D eigenvalue weighted by molar-refractivity contribution is -0.118. The molecule has 0 aromatic heterocycles. The van der Waals surface area contributed by atoms with E-state index in [1.807, 2.05) is 6.92 Å². The lowest BCUT2D eigenvalue weighted by Crippen LogP contribution is -2.41. The van der Waals surface area contributed by atoms with Crippen molar-refractivity contribution in [1.82, 2.24) is 4.90 Å². The van der Waals surface area contributed by atoms with Crippen molar-refractivity contribution < 1.29 is 23.8 Å². The van der Waals surface area contributed by atoms with Gasteiger partial charge in [-0.15, -0.1) is 0 Å². The van der Waals surface area contributed by atoms with E-state index in [9.17, 15) is 9.59 Å². The molecule has 2 aromatic carbocycles. The summed E-state index contributed by atoms with van der Waals surface area (Å²) in [4.78, 5) is 26.8. The Kier molecular flexibility index (Phi) is 7.64. The van der Waals surface area contributed by atoms with Gasteiger partial charge >= 0.3 is 0 Å². The van der Waals surface area contributed by atoms with Crippen molar-refractivity contribution in [3.05, 3.63) is 48.0 Å². The Hall–Kier alpha value is -3.10. The highest BCUT2D eigenvalue weighted by molar-refractivity contribution is 6.04. The summed E-state index contributed by atoms with van der Waals surface area (Å²) in [6.07, 6.45) is 0. The van der Waals surface area contributed by atoms with Crippen molar-refractivity contribution in [3.63, 3.8) is 0 Å². The van der Waals surface area contributed by atoms with Crippen LogP contribution in [-0.2, 0) is 9.53 Å². The molecule has 2 aromatic rings. The average Bonchev–Trinajstić information content (AvgIpc) is 2.76. The van der Waals surface area contributed by atoms with Gasteiger partial charge in [-0.05, 0) is 49.4 Å². The molecule has 1 aliphatic heterocycles. The van der Waals surface area contributed by atoms with E-state index >= 15 is 0 Å². The minimum absolute atomic E-state index is 0.0739. The summed E-state index contributed by atoms with van der Waals surface area (Å²) < 4.78 is 16.0. The van der Waals surface area contributed by atoms with E-state index in [0.29, 0.717) is 54.8 Å². The van der Waals surface area contributed by atoms with Crippen molar-refractivity contribution in [2.24, 2.45) is 0 Å². The Labute approximate surface area is 176 Å². The molecule has 1 saturated heterocycles. The van der Waals surface area contributed by atoms with Gasteiger partial charge in [0.15, 0.2) is 11.5 Å². The predicted octanol–water partition coefficient (Wildman–Crippen LogP) is 2.62. The molecule has 1 fully saturated rings. The fourth-order valence-corrected chi connectivity index (χ4v) is 3.09. The third-order valence-corrected chi connectivity index (χ3v) is 4.62. The van der Waals surface area contributed by atoms with Gasteiger partial charge in [0.25, 0.3) is 5.91 Å². The van der Waals surface area contributed by atoms with Crippen molar-refractivity contribution >= 4 is 23.2 Å². The minimum atomic E-state index is -0.263. The van der Waals surface area contributed by atoms with Crippen molar-refractivity contribution in [1.29, 1.82) is 0 Å². The summed E-state index contributed by atoms with van der Waals surface area (Å²) in [5, 5.41) is 5.71. The Bertz CT molecular complexity index is 864. The molecule has 0 unspecified atom stereocenters. The smallest absolute Gasteiger partial charge is 0.255 e. The standard InChI is InChI=1S/C22H27N3O5/c1-3-30-19-9-4-16(14-20(19)28-2)22(27)24-18-7-5-17(6-8-18)23-21(26)15-25-10-12-29-13-11-25/h4-9,14H,3,10-13,15H2,1-2H3,(H,23,26)(H,24,27). The number of methoxy groups -OCH3 is 1. The average molecular weight is 413 g/mol. The fourth-order valence-electron chi connectivity index (χ4n) is 3.09. The second kappa shape index (κ2) is 10.6. The van der Waals surface area contributed by atoms with Gasteiger partial charge < -0.3 is 24.8 Å². The summed E-state index contributed by atoms with van der Waals surface area (Å²) in [7, 11) is 1.53. The fraction of sp³-hybridized carbons (Fsp3) is 0.364. The van der Waals surface area contributed by atoms with Crippen LogP contribution in [0.1, 0.15) is 17.3 Å². The van der Waals surface area contributed by atoms with Gasteiger partial charge in [0.2, 0.25) is 5.91 Å². The summed E-state index contributed by atoms with van der Waals surface area (Å²) in [5.74, 6) is 0.757. The minimum Gasteiger partial charge on any atom is -0.493 e. The Balaban J connectivity index is 1.55. The largest absolute Gasteiger partial charge is 0.493 e. The molecule has 30 heavy (non-hydrogen) atoms. The number of hydrogen-bond donors (Lipinski definition) is 2. The van der Waals surface area contributed by atoms with Gasteiger partial charge in [0.1, 0.15) is 0 Å². The molecule has 8 heteroatoms. The van der Waals surface area contributed by atoms with Crippen LogP contribution >= 0.6 is 0 Å². The van der Waals surface area contributed by atoms with Crippen LogP contribution < -0.4 is 20.1 Å². The van der Waals surface area contributed by atoms with Crippen LogP contribution in [-0.4, -0.2) is 63.3 Å². The van der Waals surface area contributed by atoms with Crippen LogP contribution in [0.3, 0.4) is 0 Å². The molecule has 160 valence electrons. The highest BCUT2D eigenvalue weighted by Crippen LogP contribution is 2.28. The first-order chi connectivity index (χ1) is 14.6. The summed E-state index contributed by atoms with van der Waals surface area (Å²) in [6, 6.07) is 12.0. The summed E-state index contributed by atoms with van der Waals surface area (Å²) >= 11 is 0. The van der Waals surface area contributed by atoms with E-state index < -0.39 is 0 Å². The number of benzene rings is 2. The molecule has 0 saturated carbocycles. The van der Waals surface area contributed by atoms with E-state index in [0.717, 1.165) is 13.1 Å². The zero-order valence-electron chi connectivity index (χ0n) is 17.3. The topological polar surface area (TPSA) is 89.1 Å². The molecule has 2 amide bonds. The highest BCUT2D eigenvalue weighted by atomic mass is 16.5. The van der Waals surface area contributed by atoms with E-state index in [2.05, 4.69) is 15.5 Å². The molecule has 0 spiro atoms. The molecular weight excluding hydrogens is 386 g/mol. The first kappa shape index (κ1) is 21.6. The Morgan fingerprint density at radius 2 is 1.67 bits per heavy atom. The van der Waals surface area contributed by atoms with Crippen LogP contribution in [0.2, 0.25) is 0 Å². The quantitative estimate of drug-likeness (QED) is 0.692. The summed E-state index contributed by atoms with van der Waals surface area (Å²) in [5.41, 5.74) is 1.76. The van der Waals surface area contributed by atoms with Crippen LogP contribution in [0, 0.1) is 0 Å². The maximum absolute atomic E-state index is 12.5. The molecule has 0 aliphatic carbocycles. The number of ether oxygens (including phenoxy) is 3. The second-order valence-corrected chi connectivity index (χ2v) is 6.77. The second-order valence-electron chi connectivity index (χ2n) is 6.77. The number of nitrogens with one attached hydrogen (secondary N) is 2. The van der Waals surface area contributed by atoms with Gasteiger partial charge in [-0.1, -0.05) is 0 Å². The Morgan fingerprint density at radius 3 is 2.30 bits per heavy atom. The number of carbonyl (C=O) groups excluding carboxylic acids is 2. The molecule has 2 N–H and O–H groups in total. The van der Waals surface area contributed by atoms with Crippen molar-refractivity contribution in [2.75, 3.05) is 57.2 Å². The van der Waals surface area contributed by atoms with Gasteiger partial charge in [0, 0.05) is 30.0 Å². The lowest BCUT2D eigenvalue weighted by atomic mass is 10.1. The molecule has 0 radical (unpaired) electrons. The van der Waals surface area contributed by atoms with E-state index in [1.165, 1.54) is 7.11 Å². The lowest BCUT2D eigenvalue weighted by Gasteiger charge is -2.25. The summed E-state index contributed by atoms with van der Waals surface area (Å²) in [6.45, 7) is 5.56. The van der Waals surface area contributed by atoms with E-state index in [1.54, 1.807) is 42.5 Å². The van der Waals surface area contributed by atoms with Crippen LogP contribution in [0.25, 0.3) is 0 Å². The van der Waals surface area contributed by atoms with Gasteiger partial charge in [0.05, 0.1) is 33.5 Å². The van der Waals surface area contributed by atoms with Gasteiger partial charge in [-0.2, -0.15) is 0 Å². The van der Waals surface area contributed by atoms with Crippen LogP contribution in [0.5, 0.6) is 11.5 Å². The Morgan fingerprint density at radius 1 is 1.00 bits per heavy atom. The maximum Gasteiger partial charge on any atom is 0.255 e. The molecule has 3 rings (SSSR count). The van der Waals surface area contributed by atoms with Crippen LogP contribution in [0.15, 0.2) is 42.5 Å². The van der Waals surface area contributed by atoms with Gasteiger partial charge in [-0.25, -0.2) is 0 Å². The molecule has 0 atom stereocenters. The molecular formula is C22H27N3O5. The number of hydrogen-bond acceptors (Lipinski definition) is 6. The number of rotatable bonds is 8. The number of morpholine rings is 1. The third kappa shape index (κ3) is 5.95. The number of nitrogens with zero attached hydrogens (tertiary/aromatic N) is 1.